The summed E-state index contributed by atoms with van der Waals surface area (Å²) in [6, 6.07) is 8.91. The van der Waals surface area contributed by atoms with E-state index in [1.807, 2.05) is 12.1 Å². The summed E-state index contributed by atoms with van der Waals surface area (Å²) in [4.78, 5) is 0. The number of hydrogen-bond donors (Lipinski definition) is 2. The zero-order valence-corrected chi connectivity index (χ0v) is 12.8. The minimum absolute atomic E-state index is 0.471. The third-order valence-corrected chi connectivity index (χ3v) is 3.32. The van der Waals surface area contributed by atoms with E-state index in [1.165, 1.54) is 0 Å². The fourth-order valence-corrected chi connectivity index (χ4v) is 2.17. The Bertz CT molecular complexity index is 647. The fourth-order valence-electron chi connectivity index (χ4n) is 1.93. The number of para-hydroxylation sites is 1. The van der Waals surface area contributed by atoms with Gasteiger partial charge in [0.25, 0.3) is 0 Å². The molecule has 21 heavy (non-hydrogen) atoms. The first-order valence-corrected chi connectivity index (χ1v) is 6.59. The Morgan fingerprint density at radius 3 is 2.19 bits per heavy atom. The maximum atomic E-state index is 6.08. The average molecular weight is 309 g/mol. The summed E-state index contributed by atoms with van der Waals surface area (Å²) >= 11 is 6.08. The molecule has 2 aromatic carbocycles. The zero-order valence-electron chi connectivity index (χ0n) is 12.1. The van der Waals surface area contributed by atoms with Crippen molar-refractivity contribution < 1.29 is 14.2 Å². The van der Waals surface area contributed by atoms with E-state index in [9.17, 15) is 0 Å². The molecule has 3 N–H and O–H groups in total. The Kier molecular flexibility index (Phi) is 4.65. The van der Waals surface area contributed by atoms with E-state index in [0.717, 1.165) is 0 Å². The molecule has 6 heteroatoms. The topological polar surface area (TPSA) is 65.7 Å². The van der Waals surface area contributed by atoms with Crippen molar-refractivity contribution >= 4 is 28.7 Å². The molecular weight excluding hydrogens is 292 g/mol. The Labute approximate surface area is 128 Å². The Morgan fingerprint density at radius 1 is 0.905 bits per heavy atom. The van der Waals surface area contributed by atoms with Crippen LogP contribution in [0.15, 0.2) is 30.3 Å². The SMILES string of the molecule is COc1cc(Nc2cccc(OC)c2N)c(OC)cc1Cl. The van der Waals surface area contributed by atoms with E-state index < -0.39 is 0 Å². The minimum Gasteiger partial charge on any atom is -0.495 e. The van der Waals surface area contributed by atoms with Crippen LogP contribution in [0.4, 0.5) is 17.1 Å². The van der Waals surface area contributed by atoms with Gasteiger partial charge in [0.1, 0.15) is 17.2 Å². The molecule has 5 nitrogen and oxygen atoms in total. The summed E-state index contributed by atoms with van der Waals surface area (Å²) in [5.41, 5.74) is 7.96. The van der Waals surface area contributed by atoms with Gasteiger partial charge in [-0.1, -0.05) is 17.7 Å². The van der Waals surface area contributed by atoms with Crippen LogP contribution in [0.25, 0.3) is 0 Å². The van der Waals surface area contributed by atoms with E-state index in [4.69, 9.17) is 31.5 Å². The van der Waals surface area contributed by atoms with Crippen molar-refractivity contribution in [3.05, 3.63) is 35.4 Å². The van der Waals surface area contributed by atoms with Gasteiger partial charge in [-0.2, -0.15) is 0 Å². The number of halogens is 1. The number of hydrogen-bond acceptors (Lipinski definition) is 5. The molecule has 2 rings (SSSR count). The maximum absolute atomic E-state index is 6.08. The molecule has 0 amide bonds. The predicted molar refractivity (Wildman–Crippen MR) is 85.2 cm³/mol. The fraction of sp³-hybridized carbons (Fsp3) is 0.200. The van der Waals surface area contributed by atoms with Crippen LogP contribution in [0.3, 0.4) is 0 Å². The van der Waals surface area contributed by atoms with Gasteiger partial charge in [-0.05, 0) is 12.1 Å². The molecule has 0 aromatic heterocycles. The van der Waals surface area contributed by atoms with Crippen LogP contribution in [0.5, 0.6) is 17.2 Å². The van der Waals surface area contributed by atoms with E-state index >= 15 is 0 Å². The lowest BCUT2D eigenvalue weighted by Crippen LogP contribution is -2.01. The van der Waals surface area contributed by atoms with Gasteiger partial charge in [0, 0.05) is 12.1 Å². The molecule has 0 spiro atoms. The second-order valence-corrected chi connectivity index (χ2v) is 4.64. The lowest BCUT2D eigenvalue weighted by Gasteiger charge is -2.16. The highest BCUT2D eigenvalue weighted by Crippen LogP contribution is 2.39. The maximum Gasteiger partial charge on any atom is 0.144 e. The standard InChI is InChI=1S/C15H17ClN2O3/c1-19-12-6-4-5-10(15(12)17)18-11-8-13(20-2)9(16)7-14(11)21-3/h4-8,18H,17H2,1-3H3. The average Bonchev–Trinajstić information content (AvgIpc) is 2.50. The molecule has 0 heterocycles. The van der Waals surface area contributed by atoms with Gasteiger partial charge in [-0.15, -0.1) is 0 Å². The summed E-state index contributed by atoms with van der Waals surface area (Å²) in [6.45, 7) is 0. The number of nitrogen functional groups attached to an aromatic ring is 1. The van der Waals surface area contributed by atoms with Gasteiger partial charge in [0.15, 0.2) is 0 Å². The highest BCUT2D eigenvalue weighted by Gasteiger charge is 2.12. The molecule has 0 bridgehead atoms. The van der Waals surface area contributed by atoms with Gasteiger partial charge in [0.2, 0.25) is 0 Å². The Balaban J connectivity index is 2.43. The number of anilines is 3. The molecule has 0 aliphatic heterocycles. The van der Waals surface area contributed by atoms with Crippen LogP contribution in [0.2, 0.25) is 5.02 Å². The first-order valence-electron chi connectivity index (χ1n) is 6.21. The van der Waals surface area contributed by atoms with Crippen LogP contribution in [0.1, 0.15) is 0 Å². The van der Waals surface area contributed by atoms with Gasteiger partial charge >= 0.3 is 0 Å². The smallest absolute Gasteiger partial charge is 0.144 e. The van der Waals surface area contributed by atoms with Crippen LogP contribution in [-0.4, -0.2) is 21.3 Å². The van der Waals surface area contributed by atoms with Crippen molar-refractivity contribution in [3.63, 3.8) is 0 Å². The molecule has 0 unspecified atom stereocenters. The van der Waals surface area contributed by atoms with E-state index in [-0.39, 0.29) is 0 Å². The van der Waals surface area contributed by atoms with Crippen molar-refractivity contribution in [2.75, 3.05) is 32.4 Å². The molecule has 112 valence electrons. The second-order valence-electron chi connectivity index (χ2n) is 4.23. The molecule has 0 radical (unpaired) electrons. The van der Waals surface area contributed by atoms with Crippen LogP contribution in [0, 0.1) is 0 Å². The number of nitrogens with one attached hydrogen (secondary N) is 1. The highest BCUT2D eigenvalue weighted by molar-refractivity contribution is 6.32. The Hall–Kier alpha value is -2.27. The number of ether oxygens (including phenoxy) is 3. The normalized spacial score (nSPS) is 10.1. The molecule has 0 aliphatic rings. The molecule has 0 aliphatic carbocycles. The third-order valence-electron chi connectivity index (χ3n) is 3.03. The zero-order chi connectivity index (χ0) is 15.4. The molecular formula is C15H17ClN2O3. The number of benzene rings is 2. The first kappa shape index (κ1) is 15.1. The van der Waals surface area contributed by atoms with Gasteiger partial charge in [-0.3, -0.25) is 0 Å². The lowest BCUT2D eigenvalue weighted by molar-refractivity contribution is 0.405. The summed E-state index contributed by atoms with van der Waals surface area (Å²) in [5.74, 6) is 1.73. The number of nitrogens with two attached hydrogens (primary N) is 1. The molecule has 0 saturated heterocycles. The Morgan fingerprint density at radius 2 is 1.57 bits per heavy atom. The third kappa shape index (κ3) is 3.08. The quantitative estimate of drug-likeness (QED) is 0.825. The summed E-state index contributed by atoms with van der Waals surface area (Å²) < 4.78 is 15.7. The van der Waals surface area contributed by atoms with Gasteiger partial charge < -0.3 is 25.3 Å². The summed E-state index contributed by atoms with van der Waals surface area (Å²) in [7, 11) is 4.69. The largest absolute Gasteiger partial charge is 0.495 e. The van der Waals surface area contributed by atoms with Crippen LogP contribution in [-0.2, 0) is 0 Å². The van der Waals surface area contributed by atoms with Gasteiger partial charge in [-0.25, -0.2) is 0 Å². The van der Waals surface area contributed by atoms with Crippen LogP contribution >= 0.6 is 11.6 Å². The molecule has 2 aromatic rings. The molecule has 0 fully saturated rings. The van der Waals surface area contributed by atoms with Crippen molar-refractivity contribution in [2.45, 2.75) is 0 Å². The van der Waals surface area contributed by atoms with Gasteiger partial charge in [0.05, 0.1) is 43.4 Å². The van der Waals surface area contributed by atoms with Crippen molar-refractivity contribution in [1.82, 2.24) is 0 Å². The number of methoxy groups -OCH3 is 3. The van der Waals surface area contributed by atoms with Crippen molar-refractivity contribution in [3.8, 4) is 17.2 Å². The minimum atomic E-state index is 0.471. The lowest BCUT2D eigenvalue weighted by atomic mass is 10.2. The van der Waals surface area contributed by atoms with Crippen LogP contribution < -0.4 is 25.3 Å². The summed E-state index contributed by atoms with van der Waals surface area (Å²) in [5, 5.41) is 3.67. The molecule has 0 atom stereocenters. The van der Waals surface area contributed by atoms with E-state index in [1.54, 1.807) is 39.5 Å². The van der Waals surface area contributed by atoms with Crippen molar-refractivity contribution in [2.24, 2.45) is 0 Å². The van der Waals surface area contributed by atoms with E-state index in [2.05, 4.69) is 5.32 Å². The predicted octanol–water partition coefficient (Wildman–Crippen LogP) is 3.69. The second kappa shape index (κ2) is 6.45. The van der Waals surface area contributed by atoms with E-state index in [0.29, 0.717) is 39.3 Å². The first-order chi connectivity index (χ1) is 10.1. The number of rotatable bonds is 5. The summed E-state index contributed by atoms with van der Waals surface area (Å²) in [6.07, 6.45) is 0. The monoisotopic (exact) mass is 308 g/mol. The molecule has 0 saturated carbocycles. The highest BCUT2D eigenvalue weighted by atomic mass is 35.5. The van der Waals surface area contributed by atoms with Crippen molar-refractivity contribution in [1.29, 1.82) is 0 Å².